The van der Waals surface area contributed by atoms with E-state index >= 15 is 0 Å². The van der Waals surface area contributed by atoms with E-state index in [4.69, 9.17) is 0 Å². The number of benzene rings is 1. The van der Waals surface area contributed by atoms with Crippen molar-refractivity contribution in [1.82, 2.24) is 10.6 Å². The third kappa shape index (κ3) is 3.47. The number of fused-ring (bicyclic) bond motifs is 1. The molecular weight excluding hydrogens is 238 g/mol. The van der Waals surface area contributed by atoms with Crippen molar-refractivity contribution in [1.29, 1.82) is 0 Å². The highest BCUT2D eigenvalue weighted by Crippen LogP contribution is 2.30. The number of amides is 1. The monoisotopic (exact) mass is 261 g/mol. The van der Waals surface area contributed by atoms with Gasteiger partial charge in [-0.15, -0.1) is 0 Å². The zero-order valence-electron chi connectivity index (χ0n) is 11.8. The molecule has 2 N–H and O–H groups in total. The SMILES string of the molecule is CNCCC(=O)NCCN1c2ccccc2CC1C. The minimum absolute atomic E-state index is 0.120. The van der Waals surface area contributed by atoms with Crippen LogP contribution in [0.3, 0.4) is 0 Å². The lowest BCUT2D eigenvalue weighted by molar-refractivity contribution is -0.120. The lowest BCUT2D eigenvalue weighted by atomic mass is 10.1. The summed E-state index contributed by atoms with van der Waals surface area (Å²) in [5.74, 6) is 0.120. The fraction of sp³-hybridized carbons (Fsp3) is 0.533. The Morgan fingerprint density at radius 1 is 1.37 bits per heavy atom. The summed E-state index contributed by atoms with van der Waals surface area (Å²) < 4.78 is 0. The first kappa shape index (κ1) is 13.9. The molecule has 1 atom stereocenters. The van der Waals surface area contributed by atoms with Crippen molar-refractivity contribution in [2.24, 2.45) is 0 Å². The molecule has 4 nitrogen and oxygen atoms in total. The Kier molecular flexibility index (Phi) is 4.80. The van der Waals surface area contributed by atoms with E-state index in [2.05, 4.69) is 46.7 Å². The Morgan fingerprint density at radius 2 is 2.16 bits per heavy atom. The second-order valence-corrected chi connectivity index (χ2v) is 5.08. The van der Waals surface area contributed by atoms with Crippen molar-refractivity contribution >= 4 is 11.6 Å². The molecule has 1 amide bonds. The van der Waals surface area contributed by atoms with Gasteiger partial charge in [0.15, 0.2) is 0 Å². The van der Waals surface area contributed by atoms with Crippen LogP contribution >= 0.6 is 0 Å². The molecular formula is C15H23N3O. The van der Waals surface area contributed by atoms with Crippen molar-refractivity contribution in [3.8, 4) is 0 Å². The van der Waals surface area contributed by atoms with Gasteiger partial charge in [-0.05, 0) is 32.0 Å². The summed E-state index contributed by atoms with van der Waals surface area (Å²) in [5, 5.41) is 5.95. The first-order chi connectivity index (χ1) is 9.22. The number of nitrogens with zero attached hydrogens (tertiary/aromatic N) is 1. The minimum Gasteiger partial charge on any atom is -0.367 e. The molecule has 19 heavy (non-hydrogen) atoms. The van der Waals surface area contributed by atoms with Gasteiger partial charge in [-0.1, -0.05) is 18.2 Å². The number of hydrogen-bond donors (Lipinski definition) is 2. The summed E-state index contributed by atoms with van der Waals surface area (Å²) in [6, 6.07) is 9.05. The highest BCUT2D eigenvalue weighted by molar-refractivity contribution is 5.76. The maximum absolute atomic E-state index is 11.5. The number of carbonyl (C=O) groups excluding carboxylic acids is 1. The van der Waals surface area contributed by atoms with Gasteiger partial charge < -0.3 is 15.5 Å². The van der Waals surface area contributed by atoms with E-state index in [9.17, 15) is 4.79 Å². The lowest BCUT2D eigenvalue weighted by Crippen LogP contribution is -2.38. The highest BCUT2D eigenvalue weighted by atomic mass is 16.1. The van der Waals surface area contributed by atoms with Crippen molar-refractivity contribution in [3.63, 3.8) is 0 Å². The first-order valence-electron chi connectivity index (χ1n) is 6.98. The van der Waals surface area contributed by atoms with Gasteiger partial charge in [0.1, 0.15) is 0 Å². The predicted octanol–water partition coefficient (Wildman–Crippen LogP) is 1.16. The van der Waals surface area contributed by atoms with Crippen molar-refractivity contribution in [2.45, 2.75) is 25.8 Å². The topological polar surface area (TPSA) is 44.4 Å². The molecule has 0 aromatic heterocycles. The Balaban J connectivity index is 1.82. The summed E-state index contributed by atoms with van der Waals surface area (Å²) in [4.78, 5) is 13.9. The van der Waals surface area contributed by atoms with Gasteiger partial charge in [0.05, 0.1) is 0 Å². The van der Waals surface area contributed by atoms with Crippen LogP contribution in [-0.2, 0) is 11.2 Å². The van der Waals surface area contributed by atoms with Gasteiger partial charge in [-0.3, -0.25) is 4.79 Å². The van der Waals surface area contributed by atoms with Crippen LogP contribution in [0.2, 0.25) is 0 Å². The highest BCUT2D eigenvalue weighted by Gasteiger charge is 2.24. The largest absolute Gasteiger partial charge is 0.367 e. The molecule has 4 heteroatoms. The molecule has 1 aliphatic heterocycles. The van der Waals surface area contributed by atoms with Gasteiger partial charge in [-0.25, -0.2) is 0 Å². The lowest BCUT2D eigenvalue weighted by Gasteiger charge is -2.25. The molecule has 0 saturated carbocycles. The third-order valence-electron chi connectivity index (χ3n) is 3.63. The van der Waals surface area contributed by atoms with Crippen LogP contribution in [0.1, 0.15) is 18.9 Å². The number of para-hydroxylation sites is 1. The molecule has 1 aliphatic rings. The van der Waals surface area contributed by atoms with Crippen LogP contribution in [0.5, 0.6) is 0 Å². The van der Waals surface area contributed by atoms with Crippen molar-refractivity contribution in [3.05, 3.63) is 29.8 Å². The van der Waals surface area contributed by atoms with E-state index in [0.29, 0.717) is 19.0 Å². The summed E-state index contributed by atoms with van der Waals surface area (Å²) >= 11 is 0. The van der Waals surface area contributed by atoms with E-state index in [1.807, 2.05) is 7.05 Å². The zero-order valence-corrected chi connectivity index (χ0v) is 11.8. The van der Waals surface area contributed by atoms with E-state index < -0.39 is 0 Å². The maximum atomic E-state index is 11.5. The number of rotatable bonds is 6. The normalized spacial score (nSPS) is 17.4. The molecule has 1 unspecified atom stereocenters. The average molecular weight is 261 g/mol. The summed E-state index contributed by atoms with van der Waals surface area (Å²) in [6.07, 6.45) is 1.65. The second-order valence-electron chi connectivity index (χ2n) is 5.08. The predicted molar refractivity (Wildman–Crippen MR) is 78.5 cm³/mol. The molecule has 0 spiro atoms. The summed E-state index contributed by atoms with van der Waals surface area (Å²) in [5.41, 5.74) is 2.73. The van der Waals surface area contributed by atoms with Crippen molar-refractivity contribution in [2.75, 3.05) is 31.6 Å². The maximum Gasteiger partial charge on any atom is 0.221 e. The zero-order chi connectivity index (χ0) is 13.7. The molecule has 0 fully saturated rings. The van der Waals surface area contributed by atoms with Crippen LogP contribution in [0.15, 0.2) is 24.3 Å². The fourth-order valence-electron chi connectivity index (χ4n) is 2.61. The standard InChI is InChI=1S/C15H23N3O/c1-12-11-13-5-3-4-6-14(13)18(12)10-9-17-15(19)7-8-16-2/h3-6,12,16H,7-11H2,1-2H3,(H,17,19). The van der Waals surface area contributed by atoms with E-state index in [1.54, 1.807) is 0 Å². The Hall–Kier alpha value is -1.55. The van der Waals surface area contributed by atoms with Crippen LogP contribution < -0.4 is 15.5 Å². The molecule has 104 valence electrons. The van der Waals surface area contributed by atoms with Crippen molar-refractivity contribution < 1.29 is 4.79 Å². The first-order valence-corrected chi connectivity index (χ1v) is 6.98. The number of nitrogens with one attached hydrogen (secondary N) is 2. The number of carbonyl (C=O) groups is 1. The summed E-state index contributed by atoms with van der Waals surface area (Å²) in [7, 11) is 1.86. The minimum atomic E-state index is 0.120. The van der Waals surface area contributed by atoms with Crippen LogP contribution in [0.4, 0.5) is 5.69 Å². The number of hydrogen-bond acceptors (Lipinski definition) is 3. The summed E-state index contributed by atoms with van der Waals surface area (Å²) in [6.45, 7) is 4.56. The van der Waals surface area contributed by atoms with E-state index in [-0.39, 0.29) is 5.91 Å². The van der Waals surface area contributed by atoms with E-state index in [1.165, 1.54) is 11.3 Å². The second kappa shape index (κ2) is 6.57. The van der Waals surface area contributed by atoms with E-state index in [0.717, 1.165) is 19.5 Å². The van der Waals surface area contributed by atoms with Gasteiger partial charge >= 0.3 is 0 Å². The molecule has 1 aromatic carbocycles. The Bertz CT molecular complexity index is 433. The van der Waals surface area contributed by atoms with Crippen LogP contribution in [0, 0.1) is 0 Å². The molecule has 0 bridgehead atoms. The number of anilines is 1. The molecule has 0 radical (unpaired) electrons. The van der Waals surface area contributed by atoms with Crippen LogP contribution in [0.25, 0.3) is 0 Å². The quantitative estimate of drug-likeness (QED) is 0.808. The van der Waals surface area contributed by atoms with Crippen LogP contribution in [-0.4, -0.2) is 38.6 Å². The van der Waals surface area contributed by atoms with Gasteiger partial charge in [0.25, 0.3) is 0 Å². The molecule has 1 aromatic rings. The third-order valence-corrected chi connectivity index (χ3v) is 3.63. The Morgan fingerprint density at radius 3 is 2.95 bits per heavy atom. The Labute approximate surface area is 115 Å². The molecule has 2 rings (SSSR count). The van der Waals surface area contributed by atoms with Gasteiger partial charge in [-0.2, -0.15) is 0 Å². The smallest absolute Gasteiger partial charge is 0.221 e. The molecule has 1 heterocycles. The average Bonchev–Trinajstić information content (AvgIpc) is 2.73. The molecule has 0 saturated heterocycles. The van der Waals surface area contributed by atoms with Gasteiger partial charge in [0, 0.05) is 37.8 Å². The molecule has 0 aliphatic carbocycles. The van der Waals surface area contributed by atoms with Gasteiger partial charge in [0.2, 0.25) is 5.91 Å². The fourth-order valence-corrected chi connectivity index (χ4v) is 2.61.